The van der Waals surface area contributed by atoms with Gasteiger partial charge in [0.15, 0.2) is 0 Å². The average molecular weight is 260 g/mol. The Hall–Kier alpha value is -1.88. The van der Waals surface area contributed by atoms with Gasteiger partial charge in [-0.3, -0.25) is 0 Å². The SMILES string of the molecule is CNCc1cn(CCOc2cc(C)ccc2C)nn1. The molecule has 0 saturated heterocycles. The van der Waals surface area contributed by atoms with E-state index in [1.807, 2.05) is 13.2 Å². The standard InChI is InChI=1S/C14H20N4O/c1-11-4-5-12(2)14(8-11)19-7-6-18-10-13(9-15-3)16-17-18/h4-5,8,10,15H,6-7,9H2,1-3H3. The van der Waals surface area contributed by atoms with Crippen molar-refractivity contribution < 1.29 is 4.74 Å². The first-order chi connectivity index (χ1) is 9.19. The van der Waals surface area contributed by atoms with Crippen molar-refractivity contribution in [3.8, 4) is 5.75 Å². The van der Waals surface area contributed by atoms with Crippen LogP contribution >= 0.6 is 0 Å². The maximum absolute atomic E-state index is 5.79. The van der Waals surface area contributed by atoms with E-state index in [2.05, 4.69) is 47.7 Å². The number of aromatic nitrogens is 3. The molecule has 1 aromatic carbocycles. The minimum atomic E-state index is 0.590. The molecular weight excluding hydrogens is 240 g/mol. The lowest BCUT2D eigenvalue weighted by molar-refractivity contribution is 0.288. The minimum Gasteiger partial charge on any atom is -0.491 e. The zero-order valence-electron chi connectivity index (χ0n) is 11.7. The zero-order valence-corrected chi connectivity index (χ0v) is 11.7. The van der Waals surface area contributed by atoms with Gasteiger partial charge in [-0.25, -0.2) is 4.68 Å². The van der Waals surface area contributed by atoms with Crippen molar-refractivity contribution in [1.82, 2.24) is 20.3 Å². The summed E-state index contributed by atoms with van der Waals surface area (Å²) in [4.78, 5) is 0. The van der Waals surface area contributed by atoms with E-state index in [0.29, 0.717) is 13.2 Å². The zero-order chi connectivity index (χ0) is 13.7. The summed E-state index contributed by atoms with van der Waals surface area (Å²) in [6.07, 6.45) is 1.93. The van der Waals surface area contributed by atoms with Crippen LogP contribution in [0.15, 0.2) is 24.4 Å². The van der Waals surface area contributed by atoms with Crippen LogP contribution in [0, 0.1) is 13.8 Å². The lowest BCUT2D eigenvalue weighted by atomic mass is 10.1. The van der Waals surface area contributed by atoms with Gasteiger partial charge in [0.25, 0.3) is 0 Å². The Labute approximate surface area is 113 Å². The van der Waals surface area contributed by atoms with Gasteiger partial charge in [0.05, 0.1) is 12.2 Å². The third-order valence-electron chi connectivity index (χ3n) is 2.87. The first-order valence-electron chi connectivity index (χ1n) is 6.42. The van der Waals surface area contributed by atoms with Gasteiger partial charge in [0.1, 0.15) is 12.4 Å². The molecule has 5 nitrogen and oxygen atoms in total. The second kappa shape index (κ2) is 6.33. The first-order valence-corrected chi connectivity index (χ1v) is 6.42. The lowest BCUT2D eigenvalue weighted by Gasteiger charge is -2.09. The van der Waals surface area contributed by atoms with Gasteiger partial charge in [-0.2, -0.15) is 0 Å². The van der Waals surface area contributed by atoms with Crippen molar-refractivity contribution >= 4 is 0 Å². The quantitative estimate of drug-likeness (QED) is 0.859. The maximum atomic E-state index is 5.79. The number of benzene rings is 1. The molecule has 19 heavy (non-hydrogen) atoms. The Balaban J connectivity index is 1.87. The van der Waals surface area contributed by atoms with Crippen LogP contribution in [-0.2, 0) is 13.1 Å². The van der Waals surface area contributed by atoms with E-state index < -0.39 is 0 Å². The Kier molecular flexibility index (Phi) is 4.52. The van der Waals surface area contributed by atoms with Crippen molar-refractivity contribution in [2.45, 2.75) is 26.9 Å². The predicted molar refractivity (Wildman–Crippen MR) is 74.2 cm³/mol. The molecule has 0 aliphatic heterocycles. The summed E-state index contributed by atoms with van der Waals surface area (Å²) in [6, 6.07) is 6.22. The van der Waals surface area contributed by atoms with Crippen molar-refractivity contribution in [1.29, 1.82) is 0 Å². The molecular formula is C14H20N4O. The molecule has 0 bridgehead atoms. The Morgan fingerprint density at radius 2 is 2.16 bits per heavy atom. The van der Waals surface area contributed by atoms with E-state index in [4.69, 9.17) is 4.74 Å². The molecule has 5 heteroatoms. The lowest BCUT2D eigenvalue weighted by Crippen LogP contribution is -2.09. The highest BCUT2D eigenvalue weighted by Gasteiger charge is 2.02. The smallest absolute Gasteiger partial charge is 0.122 e. The van der Waals surface area contributed by atoms with Crippen LogP contribution in [0.1, 0.15) is 16.8 Å². The summed E-state index contributed by atoms with van der Waals surface area (Å²) in [6.45, 7) is 6.14. The molecule has 0 atom stereocenters. The van der Waals surface area contributed by atoms with Crippen LogP contribution in [-0.4, -0.2) is 28.6 Å². The van der Waals surface area contributed by atoms with E-state index >= 15 is 0 Å². The molecule has 0 saturated carbocycles. The van der Waals surface area contributed by atoms with Crippen LogP contribution in [0.3, 0.4) is 0 Å². The topological polar surface area (TPSA) is 52.0 Å². The minimum absolute atomic E-state index is 0.590. The third-order valence-corrected chi connectivity index (χ3v) is 2.87. The van der Waals surface area contributed by atoms with Crippen LogP contribution in [0.4, 0.5) is 0 Å². The number of rotatable bonds is 6. The van der Waals surface area contributed by atoms with Crippen LogP contribution in [0.2, 0.25) is 0 Å². The summed E-state index contributed by atoms with van der Waals surface area (Å²) in [7, 11) is 1.89. The van der Waals surface area contributed by atoms with Crippen LogP contribution < -0.4 is 10.1 Å². The fourth-order valence-electron chi connectivity index (χ4n) is 1.82. The number of aryl methyl sites for hydroxylation is 2. The summed E-state index contributed by atoms with van der Waals surface area (Å²) in [5.41, 5.74) is 3.30. The summed E-state index contributed by atoms with van der Waals surface area (Å²) in [5, 5.41) is 11.2. The highest BCUT2D eigenvalue weighted by atomic mass is 16.5. The molecule has 0 fully saturated rings. The molecule has 1 aromatic heterocycles. The highest BCUT2D eigenvalue weighted by Crippen LogP contribution is 2.18. The number of nitrogens with zero attached hydrogens (tertiary/aromatic N) is 3. The molecule has 0 spiro atoms. The van der Waals surface area contributed by atoms with E-state index in [9.17, 15) is 0 Å². The van der Waals surface area contributed by atoms with Gasteiger partial charge in [0.2, 0.25) is 0 Å². The Bertz CT molecular complexity index is 536. The highest BCUT2D eigenvalue weighted by molar-refractivity contribution is 5.35. The fourth-order valence-corrected chi connectivity index (χ4v) is 1.82. The molecule has 1 N–H and O–H groups in total. The normalized spacial score (nSPS) is 10.7. The van der Waals surface area contributed by atoms with E-state index in [-0.39, 0.29) is 0 Å². The molecule has 102 valence electrons. The van der Waals surface area contributed by atoms with E-state index in [0.717, 1.165) is 23.6 Å². The van der Waals surface area contributed by atoms with Crippen molar-refractivity contribution in [3.05, 3.63) is 41.2 Å². The third kappa shape index (κ3) is 3.79. The molecule has 0 unspecified atom stereocenters. The summed E-state index contributed by atoms with van der Waals surface area (Å²) < 4.78 is 7.59. The second-order valence-corrected chi connectivity index (χ2v) is 4.62. The first kappa shape index (κ1) is 13.5. The van der Waals surface area contributed by atoms with Gasteiger partial charge >= 0.3 is 0 Å². The second-order valence-electron chi connectivity index (χ2n) is 4.62. The van der Waals surface area contributed by atoms with Crippen LogP contribution in [0.25, 0.3) is 0 Å². The number of hydrogen-bond donors (Lipinski definition) is 1. The summed E-state index contributed by atoms with van der Waals surface area (Å²) in [5.74, 6) is 0.940. The van der Waals surface area contributed by atoms with E-state index in [1.165, 1.54) is 5.56 Å². The summed E-state index contributed by atoms with van der Waals surface area (Å²) >= 11 is 0. The molecule has 0 amide bonds. The number of nitrogens with one attached hydrogen (secondary N) is 1. The number of hydrogen-bond acceptors (Lipinski definition) is 4. The fraction of sp³-hybridized carbons (Fsp3) is 0.429. The number of ether oxygens (including phenoxy) is 1. The van der Waals surface area contributed by atoms with Crippen molar-refractivity contribution in [2.75, 3.05) is 13.7 Å². The molecule has 2 aromatic rings. The maximum Gasteiger partial charge on any atom is 0.122 e. The van der Waals surface area contributed by atoms with Crippen molar-refractivity contribution in [2.24, 2.45) is 0 Å². The molecule has 0 radical (unpaired) electrons. The molecule has 0 aliphatic carbocycles. The Morgan fingerprint density at radius 3 is 2.95 bits per heavy atom. The van der Waals surface area contributed by atoms with E-state index in [1.54, 1.807) is 4.68 Å². The van der Waals surface area contributed by atoms with Gasteiger partial charge in [0, 0.05) is 12.7 Å². The average Bonchev–Trinajstić information content (AvgIpc) is 2.82. The largest absolute Gasteiger partial charge is 0.491 e. The van der Waals surface area contributed by atoms with Gasteiger partial charge in [-0.05, 0) is 38.1 Å². The van der Waals surface area contributed by atoms with Gasteiger partial charge in [-0.1, -0.05) is 17.3 Å². The van der Waals surface area contributed by atoms with Crippen LogP contribution in [0.5, 0.6) is 5.75 Å². The predicted octanol–water partition coefficient (Wildman–Crippen LogP) is 1.69. The molecule has 0 aliphatic rings. The van der Waals surface area contributed by atoms with Gasteiger partial charge in [-0.15, -0.1) is 5.10 Å². The Morgan fingerprint density at radius 1 is 1.32 bits per heavy atom. The molecule has 1 heterocycles. The van der Waals surface area contributed by atoms with Gasteiger partial charge < -0.3 is 10.1 Å². The molecule has 2 rings (SSSR count). The monoisotopic (exact) mass is 260 g/mol. The van der Waals surface area contributed by atoms with Crippen molar-refractivity contribution in [3.63, 3.8) is 0 Å².